The summed E-state index contributed by atoms with van der Waals surface area (Å²) in [6.07, 6.45) is -4.44. The van der Waals surface area contributed by atoms with E-state index in [0.29, 0.717) is 16.6 Å². The third-order valence-electron chi connectivity index (χ3n) is 6.73. The molecule has 1 fully saturated rings. The number of nitrogens with one attached hydrogen (secondary N) is 2. The molecule has 2 aromatic carbocycles. The monoisotopic (exact) mass is 646 g/mol. The summed E-state index contributed by atoms with van der Waals surface area (Å²) >= 11 is 1.14. The maximum atomic E-state index is 13.6. The van der Waals surface area contributed by atoms with Crippen LogP contribution in [0, 0.1) is 11.8 Å². The Labute approximate surface area is 250 Å². The number of aliphatic hydroxyl groups is 1. The maximum Gasteiger partial charge on any atom is 0.393 e. The number of fused-ring (bicyclic) bond motifs is 1. The number of piperidine rings is 1. The minimum atomic E-state index is -4.48. The summed E-state index contributed by atoms with van der Waals surface area (Å²) in [7, 11) is -4.18. The number of hydrogen-bond donors (Lipinski definition) is 4. The number of ether oxygens (including phenoxy) is 1. The van der Waals surface area contributed by atoms with E-state index in [4.69, 9.17) is 5.14 Å². The number of likely N-dealkylation sites (tertiary alicyclic amines) is 1. The van der Waals surface area contributed by atoms with Crippen LogP contribution in [-0.2, 0) is 16.4 Å². The molecule has 234 valence electrons. The van der Waals surface area contributed by atoms with Crippen LogP contribution in [-0.4, -0.2) is 69.5 Å². The van der Waals surface area contributed by atoms with E-state index in [0.717, 1.165) is 55.1 Å². The van der Waals surface area contributed by atoms with Crippen molar-refractivity contribution < 1.29 is 40.2 Å². The van der Waals surface area contributed by atoms with Gasteiger partial charge in [0.25, 0.3) is 0 Å². The third kappa shape index (κ3) is 9.16. The number of alkyl halides is 5. The highest BCUT2D eigenvalue weighted by Crippen LogP contribution is 2.39. The number of rotatable bonds is 10. The topological polar surface area (TPSA) is 117 Å². The number of hydrogen-bond acceptors (Lipinski definition) is 8. The summed E-state index contributed by atoms with van der Waals surface area (Å²) in [5.41, 5.74) is 0.768. The van der Waals surface area contributed by atoms with Gasteiger partial charge in [-0.05, 0) is 48.9 Å². The normalized spacial score (nSPS) is 15.7. The van der Waals surface area contributed by atoms with Crippen molar-refractivity contribution in [2.24, 2.45) is 5.14 Å². The van der Waals surface area contributed by atoms with Gasteiger partial charge in [0.05, 0.1) is 44.9 Å². The number of nitrogens with two attached hydrogens (primary N) is 1. The lowest BCUT2D eigenvalue weighted by Gasteiger charge is -2.33. The van der Waals surface area contributed by atoms with Crippen molar-refractivity contribution in [3.63, 3.8) is 0 Å². The van der Waals surface area contributed by atoms with Crippen LogP contribution in [0.1, 0.15) is 30.2 Å². The molecule has 2 heterocycles. The summed E-state index contributed by atoms with van der Waals surface area (Å²) in [5.74, 6) is 5.05. The van der Waals surface area contributed by atoms with Crippen molar-refractivity contribution in [2.75, 3.05) is 36.8 Å². The van der Waals surface area contributed by atoms with Crippen molar-refractivity contribution in [1.82, 2.24) is 4.90 Å². The number of benzene rings is 2. The second-order valence-electron chi connectivity index (χ2n) is 10.2. The van der Waals surface area contributed by atoms with E-state index in [1.54, 1.807) is 19.1 Å². The molecule has 0 aliphatic carbocycles. The van der Waals surface area contributed by atoms with Crippen molar-refractivity contribution in [3.8, 4) is 17.6 Å². The second kappa shape index (κ2) is 13.6. The molecule has 1 aliphatic heterocycles. The Bertz CT molecular complexity index is 1590. The molecule has 5 N–H and O–H groups in total. The number of β-amino-alcohol motifs (C(OH)–C–C–N with tert-alkyl or cyclic N) is 1. The highest BCUT2D eigenvalue weighted by Gasteiger charge is 2.31. The Balaban J connectivity index is 1.56. The number of anilines is 2. The number of nitrogens with zero attached hydrogens (tertiary/aromatic N) is 1. The lowest BCUT2D eigenvalue weighted by atomic mass is 10.0. The van der Waals surface area contributed by atoms with Crippen molar-refractivity contribution in [2.45, 2.75) is 56.0 Å². The lowest BCUT2D eigenvalue weighted by molar-refractivity contribution is -0.127. The fourth-order valence-electron chi connectivity index (χ4n) is 4.90. The van der Waals surface area contributed by atoms with E-state index in [2.05, 4.69) is 32.1 Å². The minimum absolute atomic E-state index is 0.000152. The molecule has 43 heavy (non-hydrogen) atoms. The van der Waals surface area contributed by atoms with Gasteiger partial charge in [0, 0.05) is 31.7 Å². The molecule has 0 bridgehead atoms. The molecule has 0 amide bonds. The predicted molar refractivity (Wildman–Crippen MR) is 156 cm³/mol. The summed E-state index contributed by atoms with van der Waals surface area (Å²) in [6, 6.07) is 8.40. The third-order valence-corrected chi connectivity index (χ3v) is 8.84. The molecule has 4 rings (SSSR count). The molecule has 0 spiro atoms. The first-order valence-corrected chi connectivity index (χ1v) is 15.7. The van der Waals surface area contributed by atoms with Gasteiger partial charge in [-0.2, -0.15) is 22.0 Å². The Morgan fingerprint density at radius 2 is 1.91 bits per heavy atom. The van der Waals surface area contributed by atoms with Gasteiger partial charge in [0.2, 0.25) is 10.0 Å². The fraction of sp³-hybridized carbons (Fsp3) is 0.429. The zero-order valence-corrected chi connectivity index (χ0v) is 24.7. The first-order valence-electron chi connectivity index (χ1n) is 13.3. The summed E-state index contributed by atoms with van der Waals surface area (Å²) in [5, 5.41) is 21.4. The smallest absolute Gasteiger partial charge is 0.393 e. The van der Waals surface area contributed by atoms with Gasteiger partial charge in [0.1, 0.15) is 0 Å². The van der Waals surface area contributed by atoms with E-state index < -0.39 is 46.0 Å². The Morgan fingerprint density at radius 3 is 2.53 bits per heavy atom. The van der Waals surface area contributed by atoms with Gasteiger partial charge >= 0.3 is 12.8 Å². The quantitative estimate of drug-likeness (QED) is 0.182. The molecule has 1 aliphatic rings. The van der Waals surface area contributed by atoms with E-state index in [-0.39, 0.29) is 28.7 Å². The van der Waals surface area contributed by atoms with Crippen LogP contribution in [0.5, 0.6) is 5.75 Å². The number of primary sulfonamides is 1. The maximum absolute atomic E-state index is 13.6. The summed E-state index contributed by atoms with van der Waals surface area (Å²) < 4.78 is 94.8. The van der Waals surface area contributed by atoms with E-state index in [1.807, 2.05) is 6.07 Å². The number of halogens is 5. The molecule has 3 aromatic rings. The Kier molecular flexibility index (Phi) is 10.4. The molecule has 8 nitrogen and oxygen atoms in total. The lowest BCUT2D eigenvalue weighted by Crippen LogP contribution is -2.41. The Morgan fingerprint density at radius 1 is 1.19 bits per heavy atom. The molecule has 15 heteroatoms. The highest BCUT2D eigenvalue weighted by molar-refractivity contribution is 7.89. The van der Waals surface area contributed by atoms with Gasteiger partial charge in [-0.25, -0.2) is 13.6 Å². The number of sulfonamides is 1. The average Bonchev–Trinajstić information content (AvgIpc) is 3.24. The van der Waals surface area contributed by atoms with E-state index in [1.165, 1.54) is 6.07 Å². The molecular weight excluding hydrogens is 615 g/mol. The largest absolute Gasteiger partial charge is 0.433 e. The van der Waals surface area contributed by atoms with Gasteiger partial charge in [-0.15, -0.1) is 11.3 Å². The van der Waals surface area contributed by atoms with Crippen LogP contribution in [0.25, 0.3) is 10.1 Å². The molecular formula is C28H31F5N4O4S2. The van der Waals surface area contributed by atoms with Crippen molar-refractivity contribution in [1.29, 1.82) is 0 Å². The highest BCUT2D eigenvalue weighted by atomic mass is 32.2. The van der Waals surface area contributed by atoms with Crippen LogP contribution in [0.15, 0.2) is 41.3 Å². The van der Waals surface area contributed by atoms with Gasteiger partial charge < -0.3 is 25.4 Å². The first-order chi connectivity index (χ1) is 20.2. The molecule has 1 aromatic heterocycles. The minimum Gasteiger partial charge on any atom is -0.433 e. The first kappa shape index (κ1) is 32.7. The number of aliphatic hydroxyl groups excluding tert-OH is 1. The van der Waals surface area contributed by atoms with Crippen LogP contribution < -0.4 is 20.5 Å². The van der Waals surface area contributed by atoms with Crippen LogP contribution in [0.2, 0.25) is 0 Å². The van der Waals surface area contributed by atoms with Gasteiger partial charge in [-0.3, -0.25) is 0 Å². The molecule has 1 atom stereocenters. The number of thiophene rings is 1. The van der Waals surface area contributed by atoms with E-state index in [9.17, 15) is 35.5 Å². The summed E-state index contributed by atoms with van der Waals surface area (Å²) in [6.45, 7) is 0.507. The zero-order chi connectivity index (χ0) is 31.4. The second-order valence-corrected chi connectivity index (χ2v) is 12.8. The van der Waals surface area contributed by atoms with Crippen LogP contribution in [0.3, 0.4) is 0 Å². The SMILES string of the molecule is CC(O)CN1CCC(Nc2cccc3c(CC(F)(F)F)c(C#CCNc4ccc(S(N)(=O)=O)cc4OC(F)F)sc23)CC1. The van der Waals surface area contributed by atoms with Crippen molar-refractivity contribution in [3.05, 3.63) is 46.8 Å². The van der Waals surface area contributed by atoms with Crippen LogP contribution >= 0.6 is 11.3 Å². The standard InChI is InChI=1S/C28H31F5N4O4S2/c1-17(38)16-37-12-9-18(10-13-37)36-23-5-2-4-20-21(15-28(31,32)33)25(42-26(20)23)6-3-11-35-22-8-7-19(43(34,39)40)14-24(22)41-27(29)30/h2,4-5,7-8,14,17-18,27,35-36,38H,9-13,15-16H2,1H3,(H2,34,39,40). The van der Waals surface area contributed by atoms with Crippen molar-refractivity contribution >= 4 is 42.8 Å². The van der Waals surface area contributed by atoms with Gasteiger partial charge in [-0.1, -0.05) is 24.0 Å². The predicted octanol–water partition coefficient (Wildman–Crippen LogP) is 4.98. The van der Waals surface area contributed by atoms with Crippen LogP contribution in [0.4, 0.5) is 33.3 Å². The van der Waals surface area contributed by atoms with Gasteiger partial charge in [0.15, 0.2) is 5.75 Å². The average molecular weight is 647 g/mol. The fourth-order valence-corrected chi connectivity index (χ4v) is 6.60. The zero-order valence-electron chi connectivity index (χ0n) is 23.0. The molecule has 0 saturated carbocycles. The Hall–Kier alpha value is -3.16. The molecule has 1 saturated heterocycles. The van der Waals surface area contributed by atoms with E-state index >= 15 is 0 Å². The summed E-state index contributed by atoms with van der Waals surface area (Å²) in [4.78, 5) is 1.97. The molecule has 0 radical (unpaired) electrons. The molecule has 1 unspecified atom stereocenters.